The standard InChI is InChI=1S/C9H8OS2/c1-5-4-12-9-3-8(11)7(10)2-6(5)9/h2-4,10-11H,1H3. The van der Waals surface area contributed by atoms with Crippen LogP contribution in [0.1, 0.15) is 5.56 Å². The molecule has 0 fully saturated rings. The normalized spacial score (nSPS) is 10.8. The van der Waals surface area contributed by atoms with Crippen LogP contribution < -0.4 is 0 Å². The highest BCUT2D eigenvalue weighted by Crippen LogP contribution is 2.32. The number of fused-ring (bicyclic) bond motifs is 1. The van der Waals surface area contributed by atoms with Gasteiger partial charge in [0, 0.05) is 9.60 Å². The second-order valence-corrected chi connectivity index (χ2v) is 4.15. The van der Waals surface area contributed by atoms with Crippen molar-refractivity contribution in [2.24, 2.45) is 0 Å². The maximum Gasteiger partial charge on any atom is 0.129 e. The van der Waals surface area contributed by atoms with Crippen molar-refractivity contribution in [2.75, 3.05) is 0 Å². The van der Waals surface area contributed by atoms with Gasteiger partial charge in [0.1, 0.15) is 5.75 Å². The van der Waals surface area contributed by atoms with E-state index in [1.165, 1.54) is 10.3 Å². The van der Waals surface area contributed by atoms with Crippen LogP contribution in [-0.2, 0) is 0 Å². The van der Waals surface area contributed by atoms with Crippen molar-refractivity contribution in [3.63, 3.8) is 0 Å². The SMILES string of the molecule is Cc1csc2cc(S)c(O)cc12. The van der Waals surface area contributed by atoms with E-state index in [0.717, 1.165) is 5.39 Å². The zero-order valence-corrected chi connectivity index (χ0v) is 8.25. The molecule has 2 rings (SSSR count). The summed E-state index contributed by atoms with van der Waals surface area (Å²) >= 11 is 5.82. The molecule has 0 saturated heterocycles. The fraction of sp³-hybridized carbons (Fsp3) is 0.111. The van der Waals surface area contributed by atoms with Gasteiger partial charge in [-0.3, -0.25) is 0 Å². The summed E-state index contributed by atoms with van der Waals surface area (Å²) in [5, 5.41) is 12.6. The van der Waals surface area contributed by atoms with E-state index in [-0.39, 0.29) is 5.75 Å². The van der Waals surface area contributed by atoms with E-state index in [0.29, 0.717) is 4.90 Å². The average molecular weight is 196 g/mol. The van der Waals surface area contributed by atoms with Crippen LogP contribution in [0, 0.1) is 6.92 Å². The Balaban J connectivity index is 2.87. The predicted molar refractivity (Wildman–Crippen MR) is 55.5 cm³/mol. The number of hydrogen-bond donors (Lipinski definition) is 2. The van der Waals surface area contributed by atoms with Crippen LogP contribution in [0.5, 0.6) is 5.75 Å². The fourth-order valence-electron chi connectivity index (χ4n) is 1.18. The minimum Gasteiger partial charge on any atom is -0.507 e. The van der Waals surface area contributed by atoms with Crippen molar-refractivity contribution in [2.45, 2.75) is 11.8 Å². The van der Waals surface area contributed by atoms with Gasteiger partial charge in [-0.05, 0) is 35.4 Å². The van der Waals surface area contributed by atoms with Gasteiger partial charge in [-0.2, -0.15) is 0 Å². The smallest absolute Gasteiger partial charge is 0.129 e. The summed E-state index contributed by atoms with van der Waals surface area (Å²) in [5.41, 5.74) is 1.21. The summed E-state index contributed by atoms with van der Waals surface area (Å²) in [6.45, 7) is 2.04. The molecule has 0 bridgehead atoms. The summed E-state index contributed by atoms with van der Waals surface area (Å²) in [5.74, 6) is 0.257. The Hall–Kier alpha value is -0.670. The van der Waals surface area contributed by atoms with E-state index in [1.54, 1.807) is 17.4 Å². The van der Waals surface area contributed by atoms with Gasteiger partial charge in [-0.15, -0.1) is 24.0 Å². The molecule has 2 aromatic rings. The van der Waals surface area contributed by atoms with Crippen LogP contribution in [-0.4, -0.2) is 5.11 Å². The van der Waals surface area contributed by atoms with Crippen LogP contribution >= 0.6 is 24.0 Å². The number of rotatable bonds is 0. The lowest BCUT2D eigenvalue weighted by molar-refractivity contribution is 0.464. The molecule has 0 radical (unpaired) electrons. The fourth-order valence-corrected chi connectivity index (χ4v) is 2.42. The summed E-state index contributed by atoms with van der Waals surface area (Å²) in [6, 6.07) is 3.66. The largest absolute Gasteiger partial charge is 0.507 e. The molecule has 1 nitrogen and oxygen atoms in total. The van der Waals surface area contributed by atoms with E-state index in [4.69, 9.17) is 0 Å². The quantitative estimate of drug-likeness (QED) is 0.620. The van der Waals surface area contributed by atoms with Gasteiger partial charge >= 0.3 is 0 Å². The molecule has 0 aliphatic carbocycles. The topological polar surface area (TPSA) is 20.2 Å². The molecule has 0 amide bonds. The number of thiophene rings is 1. The molecule has 0 aliphatic heterocycles. The number of benzene rings is 1. The summed E-state index contributed by atoms with van der Waals surface area (Å²) in [7, 11) is 0. The highest BCUT2D eigenvalue weighted by molar-refractivity contribution is 7.80. The molecule has 0 aliphatic rings. The first kappa shape index (κ1) is 7.95. The molecule has 1 aromatic carbocycles. The van der Waals surface area contributed by atoms with Gasteiger partial charge in [-0.1, -0.05) is 0 Å². The van der Waals surface area contributed by atoms with Crippen LogP contribution in [0.2, 0.25) is 0 Å². The summed E-state index contributed by atoms with van der Waals surface area (Å²) < 4.78 is 1.18. The molecule has 0 unspecified atom stereocenters. The third-order valence-electron chi connectivity index (χ3n) is 1.86. The highest BCUT2D eigenvalue weighted by atomic mass is 32.1. The summed E-state index contributed by atoms with van der Waals surface area (Å²) in [4.78, 5) is 0.643. The number of aromatic hydroxyl groups is 1. The van der Waals surface area contributed by atoms with Crippen molar-refractivity contribution in [3.05, 3.63) is 23.1 Å². The maximum absolute atomic E-state index is 9.39. The number of hydrogen-bond acceptors (Lipinski definition) is 3. The molecule has 1 N–H and O–H groups in total. The van der Waals surface area contributed by atoms with Crippen LogP contribution in [0.4, 0.5) is 0 Å². The van der Waals surface area contributed by atoms with Gasteiger partial charge in [0.15, 0.2) is 0 Å². The zero-order chi connectivity index (χ0) is 8.72. The van der Waals surface area contributed by atoms with E-state index in [1.807, 2.05) is 13.0 Å². The van der Waals surface area contributed by atoms with Crippen molar-refractivity contribution in [1.29, 1.82) is 0 Å². The third-order valence-corrected chi connectivity index (χ3v) is 3.29. The first-order valence-electron chi connectivity index (χ1n) is 3.58. The molecule has 0 spiro atoms. The average Bonchev–Trinajstić information content (AvgIpc) is 2.35. The second-order valence-electron chi connectivity index (χ2n) is 2.76. The van der Waals surface area contributed by atoms with Crippen LogP contribution in [0.3, 0.4) is 0 Å². The molecule has 1 heterocycles. The first-order chi connectivity index (χ1) is 5.68. The second kappa shape index (κ2) is 2.68. The highest BCUT2D eigenvalue weighted by Gasteiger charge is 2.03. The first-order valence-corrected chi connectivity index (χ1v) is 4.91. The van der Waals surface area contributed by atoms with Crippen molar-refractivity contribution in [1.82, 2.24) is 0 Å². The Labute approximate surface area is 80.1 Å². The lowest BCUT2D eigenvalue weighted by Gasteiger charge is -1.97. The van der Waals surface area contributed by atoms with Crippen molar-refractivity contribution >= 4 is 34.1 Å². The molecular formula is C9H8OS2. The zero-order valence-electron chi connectivity index (χ0n) is 6.53. The molecule has 0 saturated carbocycles. The Morgan fingerprint density at radius 3 is 2.92 bits per heavy atom. The minimum atomic E-state index is 0.257. The Morgan fingerprint density at radius 1 is 1.42 bits per heavy atom. The van der Waals surface area contributed by atoms with Gasteiger partial charge in [0.05, 0.1) is 0 Å². The summed E-state index contributed by atoms with van der Waals surface area (Å²) in [6.07, 6.45) is 0. The molecule has 0 atom stereocenters. The van der Waals surface area contributed by atoms with Crippen LogP contribution in [0.15, 0.2) is 22.4 Å². The molecule has 3 heteroatoms. The molecule has 12 heavy (non-hydrogen) atoms. The van der Waals surface area contributed by atoms with Gasteiger partial charge in [0.2, 0.25) is 0 Å². The van der Waals surface area contributed by atoms with Gasteiger partial charge < -0.3 is 5.11 Å². The lowest BCUT2D eigenvalue weighted by atomic mass is 10.2. The maximum atomic E-state index is 9.39. The van der Waals surface area contributed by atoms with E-state index in [2.05, 4.69) is 18.0 Å². The van der Waals surface area contributed by atoms with Gasteiger partial charge in [0.25, 0.3) is 0 Å². The van der Waals surface area contributed by atoms with E-state index in [9.17, 15) is 5.11 Å². The van der Waals surface area contributed by atoms with Gasteiger partial charge in [-0.25, -0.2) is 0 Å². The van der Waals surface area contributed by atoms with Crippen LogP contribution in [0.25, 0.3) is 10.1 Å². The Kier molecular flexibility index (Phi) is 1.77. The third kappa shape index (κ3) is 1.09. The number of aryl methyl sites for hydroxylation is 1. The number of thiol groups is 1. The van der Waals surface area contributed by atoms with E-state index < -0.39 is 0 Å². The van der Waals surface area contributed by atoms with E-state index >= 15 is 0 Å². The predicted octanol–water partition coefficient (Wildman–Crippen LogP) is 3.20. The van der Waals surface area contributed by atoms with Crippen molar-refractivity contribution < 1.29 is 5.11 Å². The van der Waals surface area contributed by atoms with Crippen molar-refractivity contribution in [3.8, 4) is 5.75 Å². The number of phenolic OH excluding ortho intramolecular Hbond substituents is 1. The Morgan fingerprint density at radius 2 is 2.17 bits per heavy atom. The molecular weight excluding hydrogens is 188 g/mol. The lowest BCUT2D eigenvalue weighted by Crippen LogP contribution is -1.71. The molecule has 1 aromatic heterocycles. The molecule has 62 valence electrons. The number of phenols is 1. The Bertz CT molecular complexity index is 431. The monoisotopic (exact) mass is 196 g/mol. The minimum absolute atomic E-state index is 0.257.